The number of nitrogens with zero attached hydrogens (tertiary/aromatic N) is 2. The average Bonchev–Trinajstić information content (AvgIpc) is 3.22. The standard InChI is InChI=1S/C23H23F3N4O3/c1-13-6-4-5-7-16(13)29-22(31)15-12-27-30-20(23(24,25)26)11-17(28-21(15)30)14-8-9-18(32-2)19(10-14)33-3/h4-10,12,17,20,28H,11H2,1-3H3,(H,29,31)/t17-,20+/m0/s1. The molecule has 2 aromatic carbocycles. The minimum atomic E-state index is -4.55. The van der Waals surface area contributed by atoms with Gasteiger partial charge in [-0.15, -0.1) is 0 Å². The lowest BCUT2D eigenvalue weighted by molar-refractivity contribution is -0.173. The van der Waals surface area contributed by atoms with Crippen molar-refractivity contribution in [2.24, 2.45) is 0 Å². The predicted molar refractivity (Wildman–Crippen MR) is 117 cm³/mol. The van der Waals surface area contributed by atoms with Gasteiger partial charge in [0.1, 0.15) is 11.4 Å². The average molecular weight is 460 g/mol. The second kappa shape index (κ2) is 8.68. The third-order valence-electron chi connectivity index (χ3n) is 5.69. The van der Waals surface area contributed by atoms with Crippen LogP contribution in [-0.2, 0) is 0 Å². The van der Waals surface area contributed by atoms with Crippen LogP contribution in [0.3, 0.4) is 0 Å². The SMILES string of the molecule is COc1ccc([C@@H]2C[C@H](C(F)(F)F)n3ncc(C(=O)Nc4ccccc4C)c3N2)cc1OC. The predicted octanol–water partition coefficient (Wildman–Crippen LogP) is 5.12. The highest BCUT2D eigenvalue weighted by Gasteiger charge is 2.47. The molecule has 1 aromatic heterocycles. The van der Waals surface area contributed by atoms with Crippen LogP contribution in [-0.4, -0.2) is 36.1 Å². The van der Waals surface area contributed by atoms with Crippen LogP contribution in [0, 0.1) is 6.92 Å². The Labute approximate surface area is 188 Å². The van der Waals surface area contributed by atoms with Crippen molar-refractivity contribution >= 4 is 17.4 Å². The van der Waals surface area contributed by atoms with E-state index in [1.54, 1.807) is 30.3 Å². The molecule has 10 heteroatoms. The van der Waals surface area contributed by atoms with Gasteiger partial charge in [-0.25, -0.2) is 4.68 Å². The largest absolute Gasteiger partial charge is 0.493 e. The Hall–Kier alpha value is -3.69. The van der Waals surface area contributed by atoms with Gasteiger partial charge < -0.3 is 20.1 Å². The molecule has 33 heavy (non-hydrogen) atoms. The van der Waals surface area contributed by atoms with Gasteiger partial charge in [0.15, 0.2) is 17.5 Å². The van der Waals surface area contributed by atoms with Crippen LogP contribution in [0.4, 0.5) is 24.7 Å². The summed E-state index contributed by atoms with van der Waals surface area (Å²) in [5.74, 6) is 0.325. The van der Waals surface area contributed by atoms with E-state index >= 15 is 0 Å². The number of amides is 1. The normalized spacial score (nSPS) is 17.6. The van der Waals surface area contributed by atoms with Gasteiger partial charge in [0.05, 0.1) is 26.5 Å². The van der Waals surface area contributed by atoms with Crippen molar-refractivity contribution in [3.8, 4) is 11.5 Å². The van der Waals surface area contributed by atoms with Crippen molar-refractivity contribution in [1.82, 2.24) is 9.78 Å². The molecule has 4 rings (SSSR count). The molecule has 3 aromatic rings. The zero-order chi connectivity index (χ0) is 23.8. The van der Waals surface area contributed by atoms with Gasteiger partial charge >= 0.3 is 6.18 Å². The minimum absolute atomic E-state index is 0.00874. The maximum atomic E-state index is 13.9. The van der Waals surface area contributed by atoms with E-state index in [-0.39, 0.29) is 17.8 Å². The van der Waals surface area contributed by atoms with Crippen molar-refractivity contribution in [1.29, 1.82) is 0 Å². The van der Waals surface area contributed by atoms with E-state index in [2.05, 4.69) is 15.7 Å². The van der Waals surface area contributed by atoms with Crippen LogP contribution in [0.1, 0.15) is 40.0 Å². The Morgan fingerprint density at radius 3 is 2.55 bits per heavy atom. The Morgan fingerprint density at radius 1 is 1.15 bits per heavy atom. The number of hydrogen-bond donors (Lipinski definition) is 2. The second-order valence-electron chi connectivity index (χ2n) is 7.72. The van der Waals surface area contributed by atoms with Crippen LogP contribution in [0.15, 0.2) is 48.7 Å². The number of methoxy groups -OCH3 is 2. The number of anilines is 2. The van der Waals surface area contributed by atoms with E-state index in [0.29, 0.717) is 22.7 Å². The lowest BCUT2D eigenvalue weighted by Gasteiger charge is -2.34. The first-order chi connectivity index (χ1) is 15.7. The van der Waals surface area contributed by atoms with E-state index in [1.807, 2.05) is 19.1 Å². The fourth-order valence-electron chi connectivity index (χ4n) is 3.92. The smallest absolute Gasteiger partial charge is 0.410 e. The third-order valence-corrected chi connectivity index (χ3v) is 5.69. The number of ether oxygens (including phenoxy) is 2. The molecule has 0 radical (unpaired) electrons. The fourth-order valence-corrected chi connectivity index (χ4v) is 3.92. The van der Waals surface area contributed by atoms with E-state index in [0.717, 1.165) is 16.4 Å². The number of halogens is 3. The maximum Gasteiger partial charge on any atom is 0.410 e. The summed E-state index contributed by atoms with van der Waals surface area (Å²) in [7, 11) is 2.94. The van der Waals surface area contributed by atoms with E-state index in [1.165, 1.54) is 14.2 Å². The molecule has 2 heterocycles. The van der Waals surface area contributed by atoms with Crippen molar-refractivity contribution < 1.29 is 27.4 Å². The van der Waals surface area contributed by atoms with Crippen LogP contribution in [0.5, 0.6) is 11.5 Å². The number of aromatic nitrogens is 2. The summed E-state index contributed by atoms with van der Waals surface area (Å²) in [5.41, 5.74) is 2.00. The van der Waals surface area contributed by atoms with E-state index in [9.17, 15) is 18.0 Å². The molecule has 0 bridgehead atoms. The number of carbonyl (C=O) groups excluding carboxylic acids is 1. The summed E-state index contributed by atoms with van der Waals surface area (Å²) in [6.45, 7) is 1.83. The number of nitrogens with one attached hydrogen (secondary N) is 2. The Kier molecular flexibility index (Phi) is 5.92. The van der Waals surface area contributed by atoms with Gasteiger partial charge in [0.25, 0.3) is 5.91 Å². The summed E-state index contributed by atoms with van der Waals surface area (Å²) in [6.07, 6.45) is -3.69. The van der Waals surface area contributed by atoms with Gasteiger partial charge in [0, 0.05) is 12.1 Å². The van der Waals surface area contributed by atoms with Crippen LogP contribution >= 0.6 is 0 Å². The molecular weight excluding hydrogens is 437 g/mol. The Balaban J connectivity index is 1.71. The molecule has 2 atom stereocenters. The molecule has 0 spiro atoms. The summed E-state index contributed by atoms with van der Waals surface area (Å²) in [5, 5.41) is 9.74. The van der Waals surface area contributed by atoms with Crippen molar-refractivity contribution in [3.63, 3.8) is 0 Å². The molecule has 0 saturated heterocycles. The molecule has 1 aliphatic rings. The molecule has 2 N–H and O–H groups in total. The first kappa shape index (κ1) is 22.5. The van der Waals surface area contributed by atoms with Crippen molar-refractivity contribution in [3.05, 3.63) is 65.4 Å². The third kappa shape index (κ3) is 4.33. The second-order valence-corrected chi connectivity index (χ2v) is 7.72. The summed E-state index contributed by atoms with van der Waals surface area (Å²) in [4.78, 5) is 13.0. The quantitative estimate of drug-likeness (QED) is 0.553. The van der Waals surface area contributed by atoms with Crippen LogP contribution in [0.25, 0.3) is 0 Å². The number of alkyl halides is 3. The Morgan fingerprint density at radius 2 is 1.88 bits per heavy atom. The first-order valence-corrected chi connectivity index (χ1v) is 10.2. The molecule has 0 unspecified atom stereocenters. The monoisotopic (exact) mass is 460 g/mol. The van der Waals surface area contributed by atoms with Gasteiger partial charge in [-0.3, -0.25) is 4.79 Å². The summed E-state index contributed by atoms with van der Waals surface area (Å²) in [6, 6.07) is 9.45. The van der Waals surface area contributed by atoms with Gasteiger partial charge in [-0.05, 0) is 36.2 Å². The molecule has 1 amide bonds. The van der Waals surface area contributed by atoms with Gasteiger partial charge in [0.2, 0.25) is 0 Å². The van der Waals surface area contributed by atoms with Gasteiger partial charge in [-0.2, -0.15) is 18.3 Å². The lowest BCUT2D eigenvalue weighted by Crippen LogP contribution is -2.36. The number of carbonyl (C=O) groups is 1. The first-order valence-electron chi connectivity index (χ1n) is 10.2. The molecule has 0 saturated carbocycles. The highest BCUT2D eigenvalue weighted by atomic mass is 19.4. The topological polar surface area (TPSA) is 77.4 Å². The molecular formula is C23H23F3N4O3. The number of fused-ring (bicyclic) bond motifs is 1. The number of aryl methyl sites for hydroxylation is 1. The van der Waals surface area contributed by atoms with Crippen LogP contribution < -0.4 is 20.1 Å². The lowest BCUT2D eigenvalue weighted by atomic mass is 9.96. The van der Waals surface area contributed by atoms with Crippen LogP contribution in [0.2, 0.25) is 0 Å². The zero-order valence-electron chi connectivity index (χ0n) is 18.2. The van der Waals surface area contributed by atoms with Crippen molar-refractivity contribution in [2.75, 3.05) is 24.9 Å². The molecule has 1 aliphatic heterocycles. The molecule has 0 fully saturated rings. The van der Waals surface area contributed by atoms with E-state index in [4.69, 9.17) is 9.47 Å². The zero-order valence-corrected chi connectivity index (χ0v) is 18.2. The molecule has 174 valence electrons. The highest BCUT2D eigenvalue weighted by Crippen LogP contribution is 2.45. The summed E-state index contributed by atoms with van der Waals surface area (Å²) >= 11 is 0. The number of benzene rings is 2. The fraction of sp³-hybridized carbons (Fsp3) is 0.304. The molecule has 0 aliphatic carbocycles. The number of hydrogen-bond acceptors (Lipinski definition) is 5. The van der Waals surface area contributed by atoms with Crippen molar-refractivity contribution in [2.45, 2.75) is 31.6 Å². The summed E-state index contributed by atoms with van der Waals surface area (Å²) < 4.78 is 53.2. The number of para-hydroxylation sites is 1. The Bertz CT molecular complexity index is 1180. The highest BCUT2D eigenvalue weighted by molar-refractivity contribution is 6.07. The number of rotatable bonds is 5. The minimum Gasteiger partial charge on any atom is -0.493 e. The van der Waals surface area contributed by atoms with Gasteiger partial charge in [-0.1, -0.05) is 24.3 Å². The maximum absolute atomic E-state index is 13.9. The molecule has 7 nitrogen and oxygen atoms in total. The van der Waals surface area contributed by atoms with E-state index < -0.39 is 24.2 Å².